The molecule has 1 aliphatic carbocycles. The Balaban J connectivity index is 2.84. The van der Waals surface area contributed by atoms with Gasteiger partial charge >= 0.3 is 12.7 Å². The molecule has 3 atom stereocenters. The van der Waals surface area contributed by atoms with E-state index in [2.05, 4.69) is 0 Å². The lowest BCUT2D eigenvalue weighted by Gasteiger charge is -2.53. The van der Waals surface area contributed by atoms with E-state index in [1.54, 1.807) is 6.92 Å². The molecule has 0 aromatic rings. The van der Waals surface area contributed by atoms with Crippen molar-refractivity contribution in [1.29, 1.82) is 0 Å². The third-order valence-corrected chi connectivity index (χ3v) is 7.56. The first kappa shape index (κ1) is 17.6. The second-order valence-electron chi connectivity index (χ2n) is 4.48. The second-order valence-corrected chi connectivity index (χ2v) is 9.11. The predicted molar refractivity (Wildman–Crippen MR) is 70.7 cm³/mol. The number of hydrogen-bond acceptors (Lipinski definition) is 4. The lowest BCUT2D eigenvalue weighted by atomic mass is 9.75. The van der Waals surface area contributed by atoms with Crippen LogP contribution in [0.3, 0.4) is 0 Å². The van der Waals surface area contributed by atoms with Gasteiger partial charge in [0, 0.05) is 5.75 Å². The molecule has 1 saturated carbocycles. The summed E-state index contributed by atoms with van der Waals surface area (Å²) in [5.41, 5.74) is -2.02. The molecule has 0 saturated heterocycles. The quantitative estimate of drug-likeness (QED) is 0.483. The summed E-state index contributed by atoms with van der Waals surface area (Å²) in [5.74, 6) is -3.25. The van der Waals surface area contributed by atoms with E-state index in [1.807, 2.05) is 6.92 Å². The van der Waals surface area contributed by atoms with Crippen LogP contribution in [0.5, 0.6) is 0 Å². The molecule has 0 bridgehead atoms. The van der Waals surface area contributed by atoms with Gasteiger partial charge in [-0.3, -0.25) is 4.52 Å². The molecule has 0 aliphatic heterocycles. The van der Waals surface area contributed by atoms with Gasteiger partial charge in [0.25, 0.3) is 5.13 Å². The van der Waals surface area contributed by atoms with Gasteiger partial charge in [-0.2, -0.15) is 0 Å². The first-order chi connectivity index (χ1) is 8.54. The standard InChI is InChI=1S/C10H17ClF3O3PS/c1-4-6-19-18(15,16-5-2)17-8(3)7-9(12,13)10(8,11)14/h4-7H2,1-3H3. The van der Waals surface area contributed by atoms with Crippen molar-refractivity contribution < 1.29 is 26.8 Å². The molecule has 9 heteroatoms. The fraction of sp³-hybridized carbons (Fsp3) is 1.00. The van der Waals surface area contributed by atoms with E-state index in [9.17, 15) is 17.7 Å². The minimum atomic E-state index is -3.70. The Morgan fingerprint density at radius 1 is 1.37 bits per heavy atom. The van der Waals surface area contributed by atoms with Crippen molar-refractivity contribution in [3.63, 3.8) is 0 Å². The Bertz CT molecular complexity index is 383. The zero-order valence-electron chi connectivity index (χ0n) is 10.9. The maximum atomic E-state index is 13.8. The minimum absolute atomic E-state index is 0.0715. The monoisotopic (exact) mass is 340 g/mol. The van der Waals surface area contributed by atoms with Gasteiger partial charge in [-0.05, 0) is 31.7 Å². The third-order valence-electron chi connectivity index (χ3n) is 2.74. The van der Waals surface area contributed by atoms with Crippen LogP contribution in [0.2, 0.25) is 0 Å². The Labute approximate surface area is 119 Å². The van der Waals surface area contributed by atoms with E-state index in [0.29, 0.717) is 12.2 Å². The Kier molecular flexibility index (Phi) is 5.34. The average molecular weight is 341 g/mol. The molecule has 0 N–H and O–H groups in total. The van der Waals surface area contributed by atoms with Crippen LogP contribution in [0.1, 0.15) is 33.6 Å². The van der Waals surface area contributed by atoms with E-state index in [0.717, 1.165) is 18.3 Å². The smallest absolute Gasteiger partial charge is 0.301 e. The van der Waals surface area contributed by atoms with E-state index in [4.69, 9.17) is 20.6 Å². The molecule has 0 amide bonds. The van der Waals surface area contributed by atoms with Crippen LogP contribution in [0.4, 0.5) is 13.2 Å². The Morgan fingerprint density at radius 3 is 2.32 bits per heavy atom. The molecular weight excluding hydrogens is 324 g/mol. The summed E-state index contributed by atoms with van der Waals surface area (Å²) >= 11 is 6.08. The van der Waals surface area contributed by atoms with Crippen LogP contribution in [-0.4, -0.2) is 29.0 Å². The van der Waals surface area contributed by atoms with Crippen molar-refractivity contribution in [2.24, 2.45) is 0 Å². The van der Waals surface area contributed by atoms with Crippen LogP contribution < -0.4 is 0 Å². The molecule has 0 spiro atoms. The van der Waals surface area contributed by atoms with Gasteiger partial charge in [-0.1, -0.05) is 18.5 Å². The maximum Gasteiger partial charge on any atom is 0.389 e. The Morgan fingerprint density at radius 2 is 1.95 bits per heavy atom. The summed E-state index contributed by atoms with van der Waals surface area (Å²) < 4.78 is 62.4. The van der Waals surface area contributed by atoms with Crippen molar-refractivity contribution in [2.45, 2.75) is 50.3 Å². The fourth-order valence-electron chi connectivity index (χ4n) is 1.71. The van der Waals surface area contributed by atoms with Crippen LogP contribution in [0, 0.1) is 0 Å². The largest absolute Gasteiger partial charge is 0.389 e. The molecule has 114 valence electrons. The molecule has 0 aromatic carbocycles. The third kappa shape index (κ3) is 3.26. The first-order valence-electron chi connectivity index (χ1n) is 5.89. The highest BCUT2D eigenvalue weighted by Gasteiger charge is 2.78. The van der Waals surface area contributed by atoms with Gasteiger partial charge in [0.2, 0.25) is 0 Å². The summed E-state index contributed by atoms with van der Waals surface area (Å²) in [6.07, 6.45) is -0.233. The molecule has 1 aliphatic rings. The molecule has 3 unspecified atom stereocenters. The zero-order chi connectivity index (χ0) is 14.9. The van der Waals surface area contributed by atoms with Crippen LogP contribution >= 0.6 is 29.8 Å². The minimum Gasteiger partial charge on any atom is -0.301 e. The van der Waals surface area contributed by atoms with Crippen molar-refractivity contribution >= 4 is 29.8 Å². The van der Waals surface area contributed by atoms with E-state index >= 15 is 0 Å². The van der Waals surface area contributed by atoms with Crippen molar-refractivity contribution in [3.05, 3.63) is 0 Å². The summed E-state index contributed by atoms with van der Waals surface area (Å²) in [7, 11) is 0. The molecule has 3 nitrogen and oxygen atoms in total. The van der Waals surface area contributed by atoms with Gasteiger partial charge in [0.05, 0.1) is 13.0 Å². The highest BCUT2D eigenvalue weighted by atomic mass is 35.5. The molecule has 0 aromatic heterocycles. The van der Waals surface area contributed by atoms with Crippen molar-refractivity contribution in [2.75, 3.05) is 12.4 Å². The summed E-state index contributed by atoms with van der Waals surface area (Å²) in [4.78, 5) is 0. The highest BCUT2D eigenvalue weighted by molar-refractivity contribution is 8.55. The summed E-state index contributed by atoms with van der Waals surface area (Å²) in [6, 6.07) is 0. The summed E-state index contributed by atoms with van der Waals surface area (Å²) in [5, 5.41) is -3.38. The van der Waals surface area contributed by atoms with Crippen LogP contribution in [-0.2, 0) is 13.6 Å². The highest BCUT2D eigenvalue weighted by Crippen LogP contribution is 2.70. The fourth-order valence-corrected chi connectivity index (χ4v) is 5.94. The van der Waals surface area contributed by atoms with Crippen molar-refractivity contribution in [1.82, 2.24) is 0 Å². The van der Waals surface area contributed by atoms with E-state index < -0.39 is 29.9 Å². The molecule has 1 fully saturated rings. The normalized spacial score (nSPS) is 36.6. The van der Waals surface area contributed by atoms with E-state index in [1.165, 1.54) is 0 Å². The van der Waals surface area contributed by atoms with Gasteiger partial charge in [0.15, 0.2) is 0 Å². The van der Waals surface area contributed by atoms with Gasteiger partial charge < -0.3 is 4.52 Å². The predicted octanol–water partition coefficient (Wildman–Crippen LogP) is 4.99. The first-order valence-corrected chi connectivity index (χ1v) is 9.40. The average Bonchev–Trinajstić information content (AvgIpc) is 2.25. The van der Waals surface area contributed by atoms with Gasteiger partial charge in [0.1, 0.15) is 5.60 Å². The lowest BCUT2D eigenvalue weighted by molar-refractivity contribution is -0.271. The maximum absolute atomic E-state index is 13.8. The second kappa shape index (κ2) is 5.76. The van der Waals surface area contributed by atoms with Crippen molar-refractivity contribution in [3.8, 4) is 0 Å². The lowest BCUT2D eigenvalue weighted by Crippen LogP contribution is -2.70. The number of halogens is 4. The molecule has 0 radical (unpaired) electrons. The molecule has 19 heavy (non-hydrogen) atoms. The van der Waals surface area contributed by atoms with Gasteiger partial charge in [-0.25, -0.2) is 17.7 Å². The number of alkyl halides is 4. The SMILES string of the molecule is CCCSP(=O)(OCC)OC1(C)CC(F)(F)C1(F)Cl. The van der Waals surface area contributed by atoms with Gasteiger partial charge in [-0.15, -0.1) is 0 Å². The number of hydrogen-bond donors (Lipinski definition) is 0. The molecule has 0 heterocycles. The Hall–Kier alpha value is 0.580. The topological polar surface area (TPSA) is 35.5 Å². The summed E-state index contributed by atoms with van der Waals surface area (Å²) in [6.45, 7) is 0.888. The molecular formula is C10H17ClF3O3PS. The van der Waals surface area contributed by atoms with Crippen LogP contribution in [0.15, 0.2) is 0 Å². The number of rotatable bonds is 7. The van der Waals surface area contributed by atoms with E-state index in [-0.39, 0.29) is 6.61 Å². The van der Waals surface area contributed by atoms with Crippen LogP contribution in [0.25, 0.3) is 0 Å². The zero-order valence-corrected chi connectivity index (χ0v) is 13.4. The molecule has 1 rings (SSSR count).